The maximum absolute atomic E-state index is 3.63. The summed E-state index contributed by atoms with van der Waals surface area (Å²) in [6, 6.07) is 0.788. The van der Waals surface area contributed by atoms with Crippen molar-refractivity contribution in [2.24, 2.45) is 0 Å². The summed E-state index contributed by atoms with van der Waals surface area (Å²) in [5, 5.41) is 7.01. The molecule has 2 N–H and O–H groups in total. The van der Waals surface area contributed by atoms with Crippen molar-refractivity contribution in [3.8, 4) is 0 Å². The van der Waals surface area contributed by atoms with Crippen molar-refractivity contribution in [2.75, 3.05) is 31.6 Å². The topological polar surface area (TPSA) is 24.1 Å². The average Bonchev–Trinajstić information content (AvgIpc) is 2.19. The van der Waals surface area contributed by atoms with E-state index in [-0.39, 0.29) is 0 Å². The highest BCUT2D eigenvalue weighted by Gasteiger charge is 2.10. The molecule has 1 aliphatic rings. The van der Waals surface area contributed by atoms with E-state index >= 15 is 0 Å². The monoisotopic (exact) mass is 202 g/mol. The Morgan fingerprint density at radius 2 is 2.08 bits per heavy atom. The highest BCUT2D eigenvalue weighted by molar-refractivity contribution is 7.98. The summed E-state index contributed by atoms with van der Waals surface area (Å²) in [4.78, 5) is 0. The van der Waals surface area contributed by atoms with Crippen LogP contribution in [0.2, 0.25) is 0 Å². The SMILES string of the molecule is CSCCCCNC1CCNCC1. The lowest BCUT2D eigenvalue weighted by Gasteiger charge is -2.23. The second-order valence-corrected chi connectivity index (χ2v) is 4.66. The maximum Gasteiger partial charge on any atom is 0.00912 e. The summed E-state index contributed by atoms with van der Waals surface area (Å²) in [6.45, 7) is 3.61. The molecule has 3 heteroatoms. The molecule has 1 aliphatic heterocycles. The molecule has 78 valence electrons. The summed E-state index contributed by atoms with van der Waals surface area (Å²) < 4.78 is 0. The Balaban J connectivity index is 1.86. The van der Waals surface area contributed by atoms with E-state index in [0.29, 0.717) is 0 Å². The highest BCUT2D eigenvalue weighted by Crippen LogP contribution is 2.03. The normalized spacial score (nSPS) is 19.2. The number of nitrogens with one attached hydrogen (secondary N) is 2. The zero-order valence-electron chi connectivity index (χ0n) is 8.64. The third kappa shape index (κ3) is 5.55. The summed E-state index contributed by atoms with van der Waals surface area (Å²) >= 11 is 1.95. The van der Waals surface area contributed by atoms with Gasteiger partial charge in [-0.2, -0.15) is 11.8 Å². The van der Waals surface area contributed by atoms with Gasteiger partial charge in [-0.25, -0.2) is 0 Å². The Hall–Kier alpha value is 0.270. The molecule has 0 aromatic heterocycles. The molecule has 1 saturated heterocycles. The Morgan fingerprint density at radius 1 is 1.31 bits per heavy atom. The molecule has 0 aromatic rings. The molecule has 0 aliphatic carbocycles. The molecule has 0 spiro atoms. The molecule has 1 rings (SSSR count). The Morgan fingerprint density at radius 3 is 2.77 bits per heavy atom. The third-order valence-corrected chi connectivity index (χ3v) is 3.24. The van der Waals surface area contributed by atoms with Crippen molar-refractivity contribution in [2.45, 2.75) is 31.7 Å². The first kappa shape index (κ1) is 11.3. The molecule has 0 amide bonds. The fraction of sp³-hybridized carbons (Fsp3) is 1.00. The molecule has 2 nitrogen and oxygen atoms in total. The molecule has 1 heterocycles. The van der Waals surface area contributed by atoms with Gasteiger partial charge in [-0.05, 0) is 57.3 Å². The second kappa shape index (κ2) is 7.65. The largest absolute Gasteiger partial charge is 0.317 e. The smallest absolute Gasteiger partial charge is 0.00912 e. The van der Waals surface area contributed by atoms with Crippen LogP contribution in [0.25, 0.3) is 0 Å². The van der Waals surface area contributed by atoms with Crippen LogP contribution in [0.15, 0.2) is 0 Å². The van der Waals surface area contributed by atoms with Gasteiger partial charge in [0.15, 0.2) is 0 Å². The van der Waals surface area contributed by atoms with Gasteiger partial charge in [0.05, 0.1) is 0 Å². The van der Waals surface area contributed by atoms with Gasteiger partial charge in [-0.3, -0.25) is 0 Å². The highest BCUT2D eigenvalue weighted by atomic mass is 32.2. The number of hydrogen-bond acceptors (Lipinski definition) is 3. The molecule has 0 bridgehead atoms. The van der Waals surface area contributed by atoms with Crippen molar-refractivity contribution in [3.63, 3.8) is 0 Å². The maximum atomic E-state index is 3.63. The minimum absolute atomic E-state index is 0.788. The zero-order valence-corrected chi connectivity index (χ0v) is 9.46. The summed E-state index contributed by atoms with van der Waals surface area (Å²) in [7, 11) is 0. The van der Waals surface area contributed by atoms with E-state index < -0.39 is 0 Å². The molecular weight excluding hydrogens is 180 g/mol. The van der Waals surface area contributed by atoms with E-state index in [1.165, 1.54) is 51.1 Å². The van der Waals surface area contributed by atoms with Gasteiger partial charge in [-0.15, -0.1) is 0 Å². The molecule has 0 aromatic carbocycles. The van der Waals surface area contributed by atoms with Gasteiger partial charge in [0, 0.05) is 6.04 Å². The number of piperidine rings is 1. The van der Waals surface area contributed by atoms with E-state index in [9.17, 15) is 0 Å². The minimum atomic E-state index is 0.788. The number of unbranched alkanes of at least 4 members (excludes halogenated alkanes) is 1. The first-order valence-electron chi connectivity index (χ1n) is 5.36. The molecule has 0 unspecified atom stereocenters. The van der Waals surface area contributed by atoms with Crippen LogP contribution < -0.4 is 10.6 Å². The van der Waals surface area contributed by atoms with E-state index in [4.69, 9.17) is 0 Å². The van der Waals surface area contributed by atoms with E-state index in [0.717, 1.165) is 6.04 Å². The van der Waals surface area contributed by atoms with E-state index in [1.807, 2.05) is 11.8 Å². The predicted octanol–water partition coefficient (Wildman–Crippen LogP) is 1.47. The Kier molecular flexibility index (Phi) is 6.68. The fourth-order valence-corrected chi connectivity index (χ4v) is 2.20. The van der Waals surface area contributed by atoms with Crippen LogP contribution in [0, 0.1) is 0 Å². The van der Waals surface area contributed by atoms with Crippen molar-refractivity contribution in [1.29, 1.82) is 0 Å². The van der Waals surface area contributed by atoms with Gasteiger partial charge in [0.25, 0.3) is 0 Å². The van der Waals surface area contributed by atoms with Crippen molar-refractivity contribution >= 4 is 11.8 Å². The molecule has 1 fully saturated rings. The number of rotatable bonds is 6. The summed E-state index contributed by atoms with van der Waals surface area (Å²) in [6.07, 6.45) is 7.50. The molecule has 13 heavy (non-hydrogen) atoms. The second-order valence-electron chi connectivity index (χ2n) is 3.68. The van der Waals surface area contributed by atoms with Crippen LogP contribution in [0.3, 0.4) is 0 Å². The lowest BCUT2D eigenvalue weighted by atomic mass is 10.1. The van der Waals surface area contributed by atoms with Crippen LogP contribution in [0.4, 0.5) is 0 Å². The molecule has 0 radical (unpaired) electrons. The third-order valence-electron chi connectivity index (χ3n) is 2.55. The average molecular weight is 202 g/mol. The quantitative estimate of drug-likeness (QED) is 0.638. The summed E-state index contributed by atoms with van der Waals surface area (Å²) in [5.41, 5.74) is 0. The van der Waals surface area contributed by atoms with Gasteiger partial charge in [0.2, 0.25) is 0 Å². The Labute approximate surface area is 86.2 Å². The van der Waals surface area contributed by atoms with Crippen LogP contribution in [-0.2, 0) is 0 Å². The number of hydrogen-bond donors (Lipinski definition) is 2. The van der Waals surface area contributed by atoms with Crippen molar-refractivity contribution in [1.82, 2.24) is 10.6 Å². The molecule has 0 saturated carbocycles. The summed E-state index contributed by atoms with van der Waals surface area (Å²) in [5.74, 6) is 1.31. The zero-order chi connectivity index (χ0) is 9.36. The van der Waals surface area contributed by atoms with Gasteiger partial charge < -0.3 is 10.6 Å². The first-order chi connectivity index (χ1) is 6.43. The van der Waals surface area contributed by atoms with E-state index in [2.05, 4.69) is 16.9 Å². The van der Waals surface area contributed by atoms with Crippen LogP contribution in [0.5, 0.6) is 0 Å². The standard InChI is InChI=1S/C10H22N2S/c1-13-9-3-2-6-12-10-4-7-11-8-5-10/h10-12H,2-9H2,1H3. The minimum Gasteiger partial charge on any atom is -0.317 e. The van der Waals surface area contributed by atoms with Crippen molar-refractivity contribution < 1.29 is 0 Å². The first-order valence-corrected chi connectivity index (χ1v) is 6.76. The Bertz CT molecular complexity index is 113. The lowest BCUT2D eigenvalue weighted by molar-refractivity contribution is 0.385. The van der Waals surface area contributed by atoms with Crippen LogP contribution in [-0.4, -0.2) is 37.7 Å². The fourth-order valence-electron chi connectivity index (χ4n) is 1.70. The van der Waals surface area contributed by atoms with Gasteiger partial charge >= 0.3 is 0 Å². The molecule has 0 atom stereocenters. The molecular formula is C10H22N2S. The van der Waals surface area contributed by atoms with E-state index in [1.54, 1.807) is 0 Å². The predicted molar refractivity (Wildman–Crippen MR) is 61.5 cm³/mol. The number of thioether (sulfide) groups is 1. The van der Waals surface area contributed by atoms with Gasteiger partial charge in [-0.1, -0.05) is 0 Å². The lowest BCUT2D eigenvalue weighted by Crippen LogP contribution is -2.40. The van der Waals surface area contributed by atoms with Crippen LogP contribution in [0.1, 0.15) is 25.7 Å². The van der Waals surface area contributed by atoms with Gasteiger partial charge in [0.1, 0.15) is 0 Å². The van der Waals surface area contributed by atoms with Crippen LogP contribution >= 0.6 is 11.8 Å². The van der Waals surface area contributed by atoms with Crippen molar-refractivity contribution in [3.05, 3.63) is 0 Å².